The lowest BCUT2D eigenvalue weighted by atomic mass is 10.1. The molecule has 0 spiro atoms. The number of ether oxygens (including phenoxy) is 1. The quantitative estimate of drug-likeness (QED) is 0.228. The molecule has 1 fully saturated rings. The molecule has 0 radical (unpaired) electrons. The number of nitrogens with one attached hydrogen (secondary N) is 2. The van der Waals surface area contributed by atoms with E-state index in [1.54, 1.807) is 24.3 Å². The summed E-state index contributed by atoms with van der Waals surface area (Å²) in [5.74, 6) is 1.51. The van der Waals surface area contributed by atoms with Crippen molar-refractivity contribution in [1.82, 2.24) is 19.7 Å². The maximum absolute atomic E-state index is 7.24. The SMILES string of the molecule is CCc1cnc(N2CCC(n3cc(COc4ccc(N(C=N)N=N)cc4)cn3)CC2)nc1. The van der Waals surface area contributed by atoms with Crippen LogP contribution in [0.5, 0.6) is 5.75 Å². The van der Waals surface area contributed by atoms with Crippen molar-refractivity contribution in [2.75, 3.05) is 23.0 Å². The van der Waals surface area contributed by atoms with Gasteiger partial charge in [-0.2, -0.15) is 10.6 Å². The van der Waals surface area contributed by atoms with Gasteiger partial charge in [0.25, 0.3) is 0 Å². The van der Waals surface area contributed by atoms with Gasteiger partial charge >= 0.3 is 0 Å². The summed E-state index contributed by atoms with van der Waals surface area (Å²) in [5, 5.41) is 16.2. The number of anilines is 2. The molecule has 0 unspecified atom stereocenters. The van der Waals surface area contributed by atoms with Crippen LogP contribution >= 0.6 is 0 Å². The molecule has 10 nitrogen and oxygen atoms in total. The second kappa shape index (κ2) is 9.99. The third kappa shape index (κ3) is 4.90. The zero-order chi connectivity index (χ0) is 22.3. The van der Waals surface area contributed by atoms with E-state index in [0.29, 0.717) is 24.1 Å². The molecule has 1 aliphatic rings. The summed E-state index contributed by atoms with van der Waals surface area (Å²) in [6, 6.07) is 7.47. The Balaban J connectivity index is 1.28. The number of benzene rings is 1. The van der Waals surface area contributed by atoms with E-state index < -0.39 is 0 Å². The molecule has 3 heterocycles. The summed E-state index contributed by atoms with van der Waals surface area (Å²) in [6.07, 6.45) is 11.6. The lowest BCUT2D eigenvalue weighted by molar-refractivity contribution is 0.305. The monoisotopic (exact) mass is 433 g/mol. The highest BCUT2D eigenvalue weighted by Crippen LogP contribution is 2.25. The molecule has 1 aromatic carbocycles. The third-order valence-electron chi connectivity index (χ3n) is 5.61. The highest BCUT2D eigenvalue weighted by Gasteiger charge is 2.22. The predicted molar refractivity (Wildman–Crippen MR) is 121 cm³/mol. The first-order valence-corrected chi connectivity index (χ1v) is 10.7. The van der Waals surface area contributed by atoms with Crippen molar-refractivity contribution in [2.24, 2.45) is 5.22 Å². The minimum Gasteiger partial charge on any atom is -0.489 e. The summed E-state index contributed by atoms with van der Waals surface area (Å²) in [6.45, 7) is 4.34. The normalized spacial score (nSPS) is 14.2. The Labute approximate surface area is 186 Å². The van der Waals surface area contributed by atoms with Crippen molar-refractivity contribution in [2.45, 2.75) is 38.8 Å². The van der Waals surface area contributed by atoms with Crippen LogP contribution in [-0.2, 0) is 13.0 Å². The summed E-state index contributed by atoms with van der Waals surface area (Å²) in [5.41, 5.74) is 9.85. The molecule has 2 aromatic heterocycles. The molecule has 0 atom stereocenters. The van der Waals surface area contributed by atoms with Gasteiger partial charge in [0, 0.05) is 37.2 Å². The van der Waals surface area contributed by atoms with E-state index in [0.717, 1.165) is 60.8 Å². The van der Waals surface area contributed by atoms with Crippen LogP contribution in [0.1, 0.15) is 36.9 Å². The highest BCUT2D eigenvalue weighted by atomic mass is 16.5. The number of aryl methyl sites for hydroxylation is 1. The van der Waals surface area contributed by atoms with Crippen molar-refractivity contribution in [3.63, 3.8) is 0 Å². The molecule has 1 aliphatic heterocycles. The van der Waals surface area contributed by atoms with E-state index >= 15 is 0 Å². The Morgan fingerprint density at radius 2 is 1.84 bits per heavy atom. The van der Waals surface area contributed by atoms with E-state index in [1.165, 1.54) is 0 Å². The molecule has 3 aromatic rings. The molecule has 0 aliphatic carbocycles. The number of hydrogen-bond acceptors (Lipinski definition) is 8. The van der Waals surface area contributed by atoms with E-state index in [9.17, 15) is 0 Å². The van der Waals surface area contributed by atoms with Gasteiger partial charge in [0.1, 0.15) is 18.7 Å². The van der Waals surface area contributed by atoms with Gasteiger partial charge in [0.05, 0.1) is 17.9 Å². The van der Waals surface area contributed by atoms with Gasteiger partial charge in [-0.1, -0.05) is 12.1 Å². The molecule has 10 heteroatoms. The fraction of sp³-hybridized carbons (Fsp3) is 0.364. The summed E-state index contributed by atoms with van der Waals surface area (Å²) in [7, 11) is 0. The van der Waals surface area contributed by atoms with E-state index in [1.807, 2.05) is 23.3 Å². The Morgan fingerprint density at radius 3 is 2.47 bits per heavy atom. The number of aromatic nitrogens is 4. The summed E-state index contributed by atoms with van der Waals surface area (Å²) >= 11 is 0. The first-order chi connectivity index (χ1) is 15.7. The molecule has 4 rings (SSSR count). The van der Waals surface area contributed by atoms with Gasteiger partial charge in [-0.25, -0.2) is 15.0 Å². The van der Waals surface area contributed by atoms with Crippen molar-refractivity contribution in [1.29, 1.82) is 10.9 Å². The third-order valence-corrected chi connectivity index (χ3v) is 5.61. The standard InChI is InChI=1S/C22H27N9O/c1-2-17-11-25-22(26-12-17)29-9-7-20(8-10-29)30-14-18(13-27-30)15-32-21-5-3-19(4-6-21)31(16-23)28-24/h3-6,11-14,16,20,23-24H,2,7-10,15H2,1H3. The van der Waals surface area contributed by atoms with Crippen LogP contribution < -0.4 is 14.6 Å². The Hall–Kier alpha value is -3.82. The van der Waals surface area contributed by atoms with Gasteiger partial charge in [0.15, 0.2) is 0 Å². The molecule has 2 N–H and O–H groups in total. The molecule has 1 saturated heterocycles. The van der Waals surface area contributed by atoms with Gasteiger partial charge in [-0.3, -0.25) is 10.1 Å². The first kappa shape index (κ1) is 21.4. The molecular formula is C22H27N9O. The number of hydrogen-bond donors (Lipinski definition) is 2. The Morgan fingerprint density at radius 1 is 1.12 bits per heavy atom. The van der Waals surface area contributed by atoms with E-state index in [4.69, 9.17) is 15.7 Å². The van der Waals surface area contributed by atoms with Crippen LogP contribution in [0.25, 0.3) is 0 Å². The Kier molecular flexibility index (Phi) is 6.69. The molecule has 166 valence electrons. The number of rotatable bonds is 9. The lowest BCUT2D eigenvalue weighted by Crippen LogP contribution is -2.35. The van der Waals surface area contributed by atoms with Crippen LogP contribution in [-0.4, -0.2) is 39.2 Å². The molecular weight excluding hydrogens is 406 g/mol. The smallest absolute Gasteiger partial charge is 0.225 e. The van der Waals surface area contributed by atoms with Crippen molar-refractivity contribution in [3.8, 4) is 5.75 Å². The number of nitrogens with zero attached hydrogens (tertiary/aromatic N) is 7. The summed E-state index contributed by atoms with van der Waals surface area (Å²) in [4.78, 5) is 11.2. The van der Waals surface area contributed by atoms with Crippen LogP contribution in [0, 0.1) is 10.9 Å². The van der Waals surface area contributed by atoms with Gasteiger partial charge in [0.2, 0.25) is 5.95 Å². The minimum absolute atomic E-state index is 0.356. The van der Waals surface area contributed by atoms with Crippen molar-refractivity contribution >= 4 is 18.0 Å². The zero-order valence-electron chi connectivity index (χ0n) is 18.1. The van der Waals surface area contributed by atoms with E-state index in [-0.39, 0.29) is 0 Å². The fourth-order valence-electron chi connectivity index (χ4n) is 3.70. The first-order valence-electron chi connectivity index (χ1n) is 10.7. The van der Waals surface area contributed by atoms with Crippen LogP contribution in [0.4, 0.5) is 11.6 Å². The molecule has 0 saturated carbocycles. The van der Waals surface area contributed by atoms with Crippen molar-refractivity contribution in [3.05, 3.63) is 60.2 Å². The second-order valence-corrected chi connectivity index (χ2v) is 7.65. The number of piperidine rings is 1. The second-order valence-electron chi connectivity index (χ2n) is 7.65. The van der Waals surface area contributed by atoms with Gasteiger partial charge in [-0.05, 0) is 49.1 Å². The molecule has 0 bridgehead atoms. The molecule has 32 heavy (non-hydrogen) atoms. The van der Waals surface area contributed by atoms with E-state index in [2.05, 4.69) is 38.3 Å². The highest BCUT2D eigenvalue weighted by molar-refractivity contribution is 5.75. The van der Waals surface area contributed by atoms with Gasteiger partial charge < -0.3 is 9.64 Å². The fourth-order valence-corrected chi connectivity index (χ4v) is 3.70. The van der Waals surface area contributed by atoms with Crippen LogP contribution in [0.3, 0.4) is 0 Å². The van der Waals surface area contributed by atoms with Gasteiger partial charge in [-0.15, -0.1) is 0 Å². The zero-order valence-corrected chi connectivity index (χ0v) is 18.1. The molecule has 0 amide bonds. The summed E-state index contributed by atoms with van der Waals surface area (Å²) < 4.78 is 7.90. The average molecular weight is 434 g/mol. The van der Waals surface area contributed by atoms with Crippen molar-refractivity contribution < 1.29 is 4.74 Å². The topological polar surface area (TPSA) is 119 Å². The lowest BCUT2D eigenvalue weighted by Gasteiger charge is -2.32. The average Bonchev–Trinajstić information content (AvgIpc) is 3.34. The Bertz CT molecular complexity index is 1020. The maximum atomic E-state index is 7.24. The predicted octanol–water partition coefficient (Wildman–Crippen LogP) is 4.02. The van der Waals surface area contributed by atoms with Crippen LogP contribution in [0.2, 0.25) is 0 Å². The van der Waals surface area contributed by atoms with Crippen LogP contribution in [0.15, 0.2) is 54.3 Å². The minimum atomic E-state index is 0.356. The maximum Gasteiger partial charge on any atom is 0.225 e. The largest absolute Gasteiger partial charge is 0.489 e.